The van der Waals surface area contributed by atoms with Gasteiger partial charge < -0.3 is 14.7 Å². The molecule has 8 heteroatoms. The van der Waals surface area contributed by atoms with E-state index in [1.54, 1.807) is 25.1 Å². The van der Waals surface area contributed by atoms with E-state index in [1.807, 2.05) is 24.3 Å². The number of ether oxygens (including phenoxy) is 1. The fourth-order valence-corrected chi connectivity index (χ4v) is 4.86. The summed E-state index contributed by atoms with van der Waals surface area (Å²) in [6, 6.07) is 19.9. The molecule has 0 bridgehead atoms. The zero-order chi connectivity index (χ0) is 25.1. The van der Waals surface area contributed by atoms with Crippen molar-refractivity contribution in [2.24, 2.45) is 0 Å². The normalized spacial score (nSPS) is 12.9. The minimum atomic E-state index is -1.08. The molecule has 0 saturated heterocycles. The summed E-state index contributed by atoms with van der Waals surface area (Å²) in [6.45, 7) is 3.63. The van der Waals surface area contributed by atoms with E-state index in [0.717, 1.165) is 22.3 Å². The standard InChI is InChI=1S/C27H25BrN2O5/c1-3-30(16(2)26(32)33)25(31)17-12-13-24(23(28)14-17)29-27(34)35-15-22-20-10-6-4-8-18(20)19-9-5-7-11-21(19)22/h4-14,16,22H,3,15H2,1-2H3,(H,29,34)(H,32,33). The number of carbonyl (C=O) groups is 3. The van der Waals surface area contributed by atoms with E-state index in [1.165, 1.54) is 11.8 Å². The van der Waals surface area contributed by atoms with Crippen molar-refractivity contribution in [1.82, 2.24) is 4.90 Å². The van der Waals surface area contributed by atoms with Crippen molar-refractivity contribution in [3.05, 3.63) is 87.9 Å². The third kappa shape index (κ3) is 4.93. The number of halogens is 1. The Bertz CT molecular complexity index is 1250. The SMILES string of the molecule is CCN(C(=O)c1ccc(NC(=O)OCC2c3ccccc3-c3ccccc32)c(Br)c1)C(C)C(=O)O. The molecule has 2 amide bonds. The van der Waals surface area contributed by atoms with Crippen LogP contribution in [0.25, 0.3) is 11.1 Å². The van der Waals surface area contributed by atoms with Crippen molar-refractivity contribution < 1.29 is 24.2 Å². The van der Waals surface area contributed by atoms with Crippen LogP contribution >= 0.6 is 15.9 Å². The number of carboxylic acids is 1. The number of nitrogens with zero attached hydrogens (tertiary/aromatic N) is 1. The Labute approximate surface area is 211 Å². The number of carboxylic acid groups (broad SMARTS) is 1. The van der Waals surface area contributed by atoms with E-state index in [9.17, 15) is 19.5 Å². The van der Waals surface area contributed by atoms with Gasteiger partial charge in [0, 0.05) is 22.5 Å². The lowest BCUT2D eigenvalue weighted by molar-refractivity contribution is -0.141. The molecule has 0 fully saturated rings. The lowest BCUT2D eigenvalue weighted by Gasteiger charge is -2.25. The number of benzene rings is 3. The minimum absolute atomic E-state index is 0.0483. The van der Waals surface area contributed by atoms with E-state index < -0.39 is 24.0 Å². The zero-order valence-corrected chi connectivity index (χ0v) is 20.9. The monoisotopic (exact) mass is 536 g/mol. The molecule has 180 valence electrons. The van der Waals surface area contributed by atoms with Gasteiger partial charge in [-0.15, -0.1) is 0 Å². The number of fused-ring (bicyclic) bond motifs is 3. The summed E-state index contributed by atoms with van der Waals surface area (Å²) >= 11 is 3.38. The summed E-state index contributed by atoms with van der Waals surface area (Å²) in [6.07, 6.45) is -0.610. The highest BCUT2D eigenvalue weighted by atomic mass is 79.9. The average molecular weight is 537 g/mol. The van der Waals surface area contributed by atoms with E-state index >= 15 is 0 Å². The molecular weight excluding hydrogens is 512 g/mol. The second-order valence-corrected chi connectivity index (χ2v) is 9.10. The summed E-state index contributed by atoms with van der Waals surface area (Å²) in [5.74, 6) is -1.53. The van der Waals surface area contributed by atoms with Crippen molar-refractivity contribution in [2.45, 2.75) is 25.8 Å². The topological polar surface area (TPSA) is 95.9 Å². The van der Waals surface area contributed by atoms with Gasteiger partial charge >= 0.3 is 12.1 Å². The summed E-state index contributed by atoms with van der Waals surface area (Å²) in [7, 11) is 0. The van der Waals surface area contributed by atoms with Crippen molar-refractivity contribution in [1.29, 1.82) is 0 Å². The van der Waals surface area contributed by atoms with Crippen molar-refractivity contribution in [3.8, 4) is 11.1 Å². The third-order valence-electron chi connectivity index (χ3n) is 6.22. The Morgan fingerprint density at radius 1 is 1.03 bits per heavy atom. The molecule has 35 heavy (non-hydrogen) atoms. The Morgan fingerprint density at radius 2 is 1.63 bits per heavy atom. The number of hydrogen-bond donors (Lipinski definition) is 2. The summed E-state index contributed by atoms with van der Waals surface area (Å²) in [4.78, 5) is 37.9. The van der Waals surface area contributed by atoms with Gasteiger partial charge in [0.15, 0.2) is 0 Å². The first kappa shape index (κ1) is 24.5. The van der Waals surface area contributed by atoms with Crippen LogP contribution in [0.1, 0.15) is 41.3 Å². The molecule has 0 radical (unpaired) electrons. The zero-order valence-electron chi connectivity index (χ0n) is 19.3. The van der Waals surface area contributed by atoms with Gasteiger partial charge in [0.25, 0.3) is 5.91 Å². The van der Waals surface area contributed by atoms with E-state index in [4.69, 9.17) is 4.74 Å². The highest BCUT2D eigenvalue weighted by Crippen LogP contribution is 2.44. The maximum atomic E-state index is 12.8. The minimum Gasteiger partial charge on any atom is -0.480 e. The number of carbonyl (C=O) groups excluding carboxylic acids is 2. The molecule has 1 unspecified atom stereocenters. The smallest absolute Gasteiger partial charge is 0.411 e. The predicted octanol–water partition coefficient (Wildman–Crippen LogP) is 5.75. The van der Waals surface area contributed by atoms with Gasteiger partial charge in [-0.2, -0.15) is 0 Å². The maximum Gasteiger partial charge on any atom is 0.411 e. The molecule has 7 nitrogen and oxygen atoms in total. The number of hydrogen-bond acceptors (Lipinski definition) is 4. The highest BCUT2D eigenvalue weighted by Gasteiger charge is 2.29. The van der Waals surface area contributed by atoms with Gasteiger partial charge in [0.2, 0.25) is 0 Å². The van der Waals surface area contributed by atoms with Crippen molar-refractivity contribution >= 4 is 39.6 Å². The first-order valence-corrected chi connectivity index (χ1v) is 12.1. The van der Waals surface area contributed by atoms with Gasteiger partial charge in [0.1, 0.15) is 12.6 Å². The van der Waals surface area contributed by atoms with E-state index in [-0.39, 0.29) is 19.1 Å². The van der Waals surface area contributed by atoms with Crippen LogP contribution in [0, 0.1) is 0 Å². The van der Waals surface area contributed by atoms with E-state index in [2.05, 4.69) is 45.5 Å². The fourth-order valence-electron chi connectivity index (χ4n) is 4.39. The van der Waals surface area contributed by atoms with Crippen LogP contribution in [0.4, 0.5) is 10.5 Å². The molecular formula is C27H25BrN2O5. The number of amides is 2. The van der Waals surface area contributed by atoms with Gasteiger partial charge in [0.05, 0.1) is 5.69 Å². The second-order valence-electron chi connectivity index (χ2n) is 8.25. The molecule has 2 N–H and O–H groups in total. The molecule has 1 aliphatic rings. The summed E-state index contributed by atoms with van der Waals surface area (Å²) < 4.78 is 6.06. The molecule has 0 aromatic heterocycles. The molecule has 0 spiro atoms. The Morgan fingerprint density at radius 3 is 2.17 bits per heavy atom. The quantitative estimate of drug-likeness (QED) is 0.401. The van der Waals surface area contributed by atoms with Gasteiger partial charge in [-0.05, 0) is 70.2 Å². The highest BCUT2D eigenvalue weighted by molar-refractivity contribution is 9.10. The average Bonchev–Trinajstić information content (AvgIpc) is 3.18. The first-order chi connectivity index (χ1) is 16.8. The molecule has 0 aliphatic heterocycles. The number of anilines is 1. The predicted molar refractivity (Wildman–Crippen MR) is 137 cm³/mol. The number of aliphatic carboxylic acids is 1. The Balaban J connectivity index is 1.43. The molecule has 0 heterocycles. The second kappa shape index (κ2) is 10.3. The lowest BCUT2D eigenvalue weighted by atomic mass is 9.98. The number of nitrogens with one attached hydrogen (secondary N) is 1. The summed E-state index contributed by atoms with van der Waals surface area (Å²) in [5.41, 5.74) is 5.30. The lowest BCUT2D eigenvalue weighted by Crippen LogP contribution is -2.43. The van der Waals surface area contributed by atoms with Crippen molar-refractivity contribution in [3.63, 3.8) is 0 Å². The largest absolute Gasteiger partial charge is 0.480 e. The van der Waals surface area contributed by atoms with Gasteiger partial charge in [-0.25, -0.2) is 9.59 Å². The fraction of sp³-hybridized carbons (Fsp3) is 0.222. The molecule has 3 aromatic rings. The van der Waals surface area contributed by atoms with E-state index in [0.29, 0.717) is 15.7 Å². The van der Waals surface area contributed by atoms with Crippen LogP contribution in [-0.4, -0.2) is 47.2 Å². The van der Waals surface area contributed by atoms with Crippen LogP contribution in [0.2, 0.25) is 0 Å². The summed E-state index contributed by atoms with van der Waals surface area (Å²) in [5, 5.41) is 12.0. The molecule has 4 rings (SSSR count). The van der Waals surface area contributed by atoms with Crippen LogP contribution in [0.3, 0.4) is 0 Å². The van der Waals surface area contributed by atoms with Gasteiger partial charge in [-0.1, -0.05) is 48.5 Å². The third-order valence-corrected chi connectivity index (χ3v) is 6.88. The number of likely N-dealkylation sites (N-methyl/N-ethyl adjacent to an activating group) is 1. The van der Waals surface area contributed by atoms with Crippen LogP contribution in [-0.2, 0) is 9.53 Å². The van der Waals surface area contributed by atoms with Crippen LogP contribution < -0.4 is 5.32 Å². The van der Waals surface area contributed by atoms with Gasteiger partial charge in [-0.3, -0.25) is 10.1 Å². The molecule has 1 atom stereocenters. The molecule has 1 aliphatic carbocycles. The maximum absolute atomic E-state index is 12.8. The molecule has 3 aromatic carbocycles. The number of rotatable bonds is 7. The van der Waals surface area contributed by atoms with Crippen LogP contribution in [0.5, 0.6) is 0 Å². The molecule has 0 saturated carbocycles. The van der Waals surface area contributed by atoms with Crippen LogP contribution in [0.15, 0.2) is 71.2 Å². The Kier molecular flexibility index (Phi) is 7.21. The Hall–Kier alpha value is -3.65. The van der Waals surface area contributed by atoms with Crippen molar-refractivity contribution in [2.75, 3.05) is 18.5 Å². The first-order valence-electron chi connectivity index (χ1n) is 11.3.